The molecule has 0 radical (unpaired) electrons. The smallest absolute Gasteiger partial charge is 0.263 e. The highest BCUT2D eigenvalue weighted by Gasteiger charge is 2.26. The van der Waals surface area contributed by atoms with Crippen molar-refractivity contribution in [3.05, 3.63) is 29.8 Å². The number of nitrogens with zero attached hydrogens (tertiary/aromatic N) is 1. The Labute approximate surface area is 121 Å². The summed E-state index contributed by atoms with van der Waals surface area (Å²) in [6.45, 7) is 3.84. The Morgan fingerprint density at radius 1 is 1.25 bits per heavy atom. The number of aryl methyl sites for hydroxylation is 1. The molecule has 1 aromatic carbocycles. The minimum absolute atomic E-state index is 0.0835. The Hall–Kier alpha value is -1.51. The molecule has 110 valence electrons. The quantitative estimate of drug-likeness (QED) is 0.841. The first-order valence-electron chi connectivity index (χ1n) is 7.58. The van der Waals surface area contributed by atoms with E-state index >= 15 is 0 Å². The van der Waals surface area contributed by atoms with Crippen LogP contribution in [0.15, 0.2) is 24.3 Å². The van der Waals surface area contributed by atoms with Crippen LogP contribution in [0.3, 0.4) is 0 Å². The van der Waals surface area contributed by atoms with Crippen LogP contribution in [0.2, 0.25) is 0 Å². The van der Waals surface area contributed by atoms with Crippen molar-refractivity contribution >= 4 is 5.91 Å². The molecule has 0 aromatic heterocycles. The normalized spacial score (nSPS) is 17.6. The van der Waals surface area contributed by atoms with Gasteiger partial charge in [0.25, 0.3) is 5.91 Å². The maximum Gasteiger partial charge on any atom is 0.263 e. The van der Waals surface area contributed by atoms with Crippen LogP contribution in [0.4, 0.5) is 0 Å². The standard InChI is InChI=1S/C17H25NO2/c1-13-9-7-8-12-16(13)20-14(2)17(19)18(3)15-10-5-4-6-11-15/h7-9,12,14-15H,4-6,10-11H2,1-3H3/t14-/m0/s1. The number of likely N-dealkylation sites (N-methyl/N-ethyl adjacent to an activating group) is 1. The SMILES string of the molecule is Cc1ccccc1O[C@@H](C)C(=O)N(C)C1CCCCC1. The number of para-hydroxylation sites is 1. The molecule has 1 amide bonds. The Bertz CT molecular complexity index is 452. The zero-order chi connectivity index (χ0) is 14.5. The van der Waals surface area contributed by atoms with E-state index in [4.69, 9.17) is 4.74 Å². The minimum atomic E-state index is -0.428. The predicted octanol–water partition coefficient (Wildman–Crippen LogP) is 3.55. The van der Waals surface area contributed by atoms with Gasteiger partial charge in [0.15, 0.2) is 6.10 Å². The van der Waals surface area contributed by atoms with Crippen LogP contribution in [0.25, 0.3) is 0 Å². The molecule has 1 aliphatic rings. The van der Waals surface area contributed by atoms with Gasteiger partial charge >= 0.3 is 0 Å². The van der Waals surface area contributed by atoms with E-state index in [-0.39, 0.29) is 5.91 Å². The fourth-order valence-corrected chi connectivity index (χ4v) is 2.86. The van der Waals surface area contributed by atoms with E-state index in [0.29, 0.717) is 6.04 Å². The second-order valence-electron chi connectivity index (χ2n) is 5.77. The van der Waals surface area contributed by atoms with Gasteiger partial charge in [-0.1, -0.05) is 37.5 Å². The summed E-state index contributed by atoms with van der Waals surface area (Å²) < 4.78 is 5.83. The highest BCUT2D eigenvalue weighted by molar-refractivity contribution is 5.81. The Morgan fingerprint density at radius 3 is 2.55 bits per heavy atom. The lowest BCUT2D eigenvalue weighted by atomic mass is 9.94. The van der Waals surface area contributed by atoms with Gasteiger partial charge in [0, 0.05) is 13.1 Å². The Morgan fingerprint density at radius 2 is 1.90 bits per heavy atom. The summed E-state index contributed by atoms with van der Waals surface area (Å²) in [5.74, 6) is 0.880. The molecular weight excluding hydrogens is 250 g/mol. The first kappa shape index (κ1) is 14.9. The van der Waals surface area contributed by atoms with E-state index in [1.165, 1.54) is 19.3 Å². The number of hydrogen-bond acceptors (Lipinski definition) is 2. The van der Waals surface area contributed by atoms with E-state index in [9.17, 15) is 4.79 Å². The third kappa shape index (κ3) is 3.53. The number of amides is 1. The topological polar surface area (TPSA) is 29.5 Å². The number of benzene rings is 1. The molecule has 0 spiro atoms. The summed E-state index contributed by atoms with van der Waals surface area (Å²) in [7, 11) is 1.91. The highest BCUT2D eigenvalue weighted by Crippen LogP contribution is 2.23. The largest absolute Gasteiger partial charge is 0.481 e. The second-order valence-corrected chi connectivity index (χ2v) is 5.77. The Kier molecular flexibility index (Phi) is 5.05. The fourth-order valence-electron chi connectivity index (χ4n) is 2.86. The average Bonchev–Trinajstić information content (AvgIpc) is 2.49. The van der Waals surface area contributed by atoms with Crippen molar-refractivity contribution in [1.82, 2.24) is 4.90 Å². The van der Waals surface area contributed by atoms with Crippen molar-refractivity contribution in [2.75, 3.05) is 7.05 Å². The summed E-state index contributed by atoms with van der Waals surface area (Å²) in [6.07, 6.45) is 5.58. The summed E-state index contributed by atoms with van der Waals surface area (Å²) in [5.41, 5.74) is 1.06. The van der Waals surface area contributed by atoms with Gasteiger partial charge in [-0.15, -0.1) is 0 Å². The summed E-state index contributed by atoms with van der Waals surface area (Å²) in [6, 6.07) is 8.21. The van der Waals surface area contributed by atoms with Crippen molar-refractivity contribution in [2.24, 2.45) is 0 Å². The molecule has 1 atom stereocenters. The van der Waals surface area contributed by atoms with Gasteiger partial charge in [-0.25, -0.2) is 0 Å². The Balaban J connectivity index is 1.96. The molecule has 0 unspecified atom stereocenters. The number of rotatable bonds is 4. The molecule has 20 heavy (non-hydrogen) atoms. The van der Waals surface area contributed by atoms with Gasteiger partial charge in [-0.2, -0.15) is 0 Å². The molecule has 3 heteroatoms. The first-order chi connectivity index (χ1) is 9.59. The molecule has 0 N–H and O–H groups in total. The van der Waals surface area contributed by atoms with Crippen LogP contribution in [0, 0.1) is 6.92 Å². The van der Waals surface area contributed by atoms with Gasteiger partial charge in [0.2, 0.25) is 0 Å². The summed E-state index contributed by atoms with van der Waals surface area (Å²) >= 11 is 0. The van der Waals surface area contributed by atoms with E-state index in [2.05, 4.69) is 0 Å². The molecule has 1 fully saturated rings. The van der Waals surface area contributed by atoms with Crippen molar-refractivity contribution in [1.29, 1.82) is 0 Å². The van der Waals surface area contributed by atoms with Crippen LogP contribution in [-0.4, -0.2) is 30.0 Å². The van der Waals surface area contributed by atoms with Crippen molar-refractivity contribution in [3.63, 3.8) is 0 Å². The molecule has 0 heterocycles. The molecule has 1 saturated carbocycles. The lowest BCUT2D eigenvalue weighted by Gasteiger charge is -2.33. The van der Waals surface area contributed by atoms with E-state index < -0.39 is 6.10 Å². The van der Waals surface area contributed by atoms with Gasteiger partial charge in [0.1, 0.15) is 5.75 Å². The molecule has 0 saturated heterocycles. The maximum atomic E-state index is 12.5. The monoisotopic (exact) mass is 275 g/mol. The molecule has 2 rings (SSSR count). The minimum Gasteiger partial charge on any atom is -0.481 e. The molecule has 0 aliphatic heterocycles. The predicted molar refractivity (Wildman–Crippen MR) is 80.9 cm³/mol. The number of carbonyl (C=O) groups is 1. The third-order valence-corrected chi connectivity index (χ3v) is 4.22. The number of ether oxygens (including phenoxy) is 1. The van der Waals surface area contributed by atoms with Crippen LogP contribution in [0.1, 0.15) is 44.6 Å². The van der Waals surface area contributed by atoms with E-state index in [1.54, 1.807) is 0 Å². The molecule has 3 nitrogen and oxygen atoms in total. The maximum absolute atomic E-state index is 12.5. The van der Waals surface area contributed by atoms with Gasteiger partial charge in [0.05, 0.1) is 0 Å². The third-order valence-electron chi connectivity index (χ3n) is 4.22. The van der Waals surface area contributed by atoms with Gasteiger partial charge in [-0.3, -0.25) is 4.79 Å². The van der Waals surface area contributed by atoms with Crippen LogP contribution < -0.4 is 4.74 Å². The zero-order valence-corrected chi connectivity index (χ0v) is 12.8. The van der Waals surface area contributed by atoms with Crippen LogP contribution in [0.5, 0.6) is 5.75 Å². The van der Waals surface area contributed by atoms with Gasteiger partial charge in [-0.05, 0) is 38.3 Å². The molecule has 0 bridgehead atoms. The molecular formula is C17H25NO2. The van der Waals surface area contributed by atoms with Crippen molar-refractivity contribution < 1.29 is 9.53 Å². The zero-order valence-electron chi connectivity index (χ0n) is 12.8. The average molecular weight is 275 g/mol. The number of carbonyl (C=O) groups excluding carboxylic acids is 1. The van der Waals surface area contributed by atoms with Gasteiger partial charge < -0.3 is 9.64 Å². The fraction of sp³-hybridized carbons (Fsp3) is 0.588. The van der Waals surface area contributed by atoms with Crippen LogP contribution >= 0.6 is 0 Å². The highest BCUT2D eigenvalue weighted by atomic mass is 16.5. The molecule has 1 aliphatic carbocycles. The van der Waals surface area contributed by atoms with E-state index in [0.717, 1.165) is 24.2 Å². The second kappa shape index (κ2) is 6.78. The molecule has 1 aromatic rings. The number of hydrogen-bond donors (Lipinski definition) is 0. The van der Waals surface area contributed by atoms with Crippen LogP contribution in [-0.2, 0) is 4.79 Å². The summed E-state index contributed by atoms with van der Waals surface area (Å²) in [5, 5.41) is 0. The van der Waals surface area contributed by atoms with E-state index in [1.807, 2.05) is 50.1 Å². The lowest BCUT2D eigenvalue weighted by Crippen LogP contribution is -2.44. The van der Waals surface area contributed by atoms with Crippen molar-refractivity contribution in [3.8, 4) is 5.75 Å². The summed E-state index contributed by atoms with van der Waals surface area (Å²) in [4.78, 5) is 14.3. The lowest BCUT2D eigenvalue weighted by molar-refractivity contribution is -0.139. The first-order valence-corrected chi connectivity index (χ1v) is 7.58. The van der Waals surface area contributed by atoms with Crippen molar-refractivity contribution in [2.45, 2.75) is 58.1 Å².